The van der Waals surface area contributed by atoms with Crippen LogP contribution in [-0.2, 0) is 4.79 Å². The summed E-state index contributed by atoms with van der Waals surface area (Å²) in [5.74, 6) is -1.57. The fourth-order valence-corrected chi connectivity index (χ4v) is 2.74. The van der Waals surface area contributed by atoms with Gasteiger partial charge in [-0.1, -0.05) is 12.1 Å². The lowest BCUT2D eigenvalue weighted by atomic mass is 10.1. The zero-order valence-corrected chi connectivity index (χ0v) is 12.3. The van der Waals surface area contributed by atoms with Crippen LogP contribution in [0, 0.1) is 19.7 Å². The molecule has 0 saturated carbocycles. The fourth-order valence-electron chi connectivity index (χ4n) is 1.91. The van der Waals surface area contributed by atoms with Gasteiger partial charge in [0.2, 0.25) is 5.91 Å². The predicted octanol–water partition coefficient (Wildman–Crippen LogP) is 1.86. The number of hydrogen-bond acceptors (Lipinski definition) is 4. The maximum atomic E-state index is 12.9. The zero-order valence-electron chi connectivity index (χ0n) is 11.5. The molecule has 0 aliphatic heterocycles. The largest absolute Gasteiger partial charge is 0.368 e. The summed E-state index contributed by atoms with van der Waals surface area (Å²) in [5.41, 5.74) is 6.34. The van der Waals surface area contributed by atoms with Crippen molar-refractivity contribution in [3.8, 4) is 0 Å². The predicted molar refractivity (Wildman–Crippen MR) is 77.4 cm³/mol. The molecule has 21 heavy (non-hydrogen) atoms. The molecule has 1 aromatic carbocycles. The van der Waals surface area contributed by atoms with Crippen LogP contribution in [0.15, 0.2) is 24.3 Å². The van der Waals surface area contributed by atoms with Crippen molar-refractivity contribution in [2.24, 2.45) is 5.73 Å². The molecule has 0 spiro atoms. The third kappa shape index (κ3) is 3.43. The summed E-state index contributed by atoms with van der Waals surface area (Å²) in [4.78, 5) is 28.3. The fraction of sp³-hybridized carbons (Fsp3) is 0.214. The van der Waals surface area contributed by atoms with E-state index in [9.17, 15) is 14.0 Å². The summed E-state index contributed by atoms with van der Waals surface area (Å²) in [6, 6.07) is 4.23. The molecule has 0 radical (unpaired) electrons. The minimum absolute atomic E-state index is 0.425. The van der Waals surface area contributed by atoms with Gasteiger partial charge in [-0.3, -0.25) is 9.59 Å². The molecule has 1 heterocycles. The van der Waals surface area contributed by atoms with E-state index in [0.717, 1.165) is 5.01 Å². The Hall–Kier alpha value is -2.28. The highest BCUT2D eigenvalue weighted by atomic mass is 32.1. The van der Waals surface area contributed by atoms with Crippen molar-refractivity contribution in [3.05, 3.63) is 51.2 Å². The van der Waals surface area contributed by atoms with Crippen molar-refractivity contribution in [3.63, 3.8) is 0 Å². The zero-order chi connectivity index (χ0) is 15.6. The van der Waals surface area contributed by atoms with Crippen molar-refractivity contribution >= 4 is 23.2 Å². The number of benzene rings is 1. The third-order valence-electron chi connectivity index (χ3n) is 2.87. The van der Waals surface area contributed by atoms with Gasteiger partial charge in [0.25, 0.3) is 5.91 Å². The van der Waals surface area contributed by atoms with Gasteiger partial charge >= 0.3 is 0 Å². The van der Waals surface area contributed by atoms with E-state index in [0.29, 0.717) is 16.1 Å². The van der Waals surface area contributed by atoms with E-state index in [-0.39, 0.29) is 0 Å². The van der Waals surface area contributed by atoms with Crippen LogP contribution < -0.4 is 11.1 Å². The van der Waals surface area contributed by atoms with E-state index in [1.807, 2.05) is 0 Å². The molecule has 0 bridgehead atoms. The molecule has 3 N–H and O–H groups in total. The van der Waals surface area contributed by atoms with Crippen LogP contribution in [0.2, 0.25) is 0 Å². The average Bonchev–Trinajstić information content (AvgIpc) is 2.76. The number of aryl methyl sites for hydroxylation is 2. The highest BCUT2D eigenvalue weighted by Gasteiger charge is 2.23. The lowest BCUT2D eigenvalue weighted by Crippen LogP contribution is -2.37. The van der Waals surface area contributed by atoms with Gasteiger partial charge < -0.3 is 11.1 Å². The number of carbonyl (C=O) groups is 2. The topological polar surface area (TPSA) is 85.1 Å². The molecule has 1 aromatic heterocycles. The molecule has 5 nitrogen and oxygen atoms in total. The van der Waals surface area contributed by atoms with Crippen LogP contribution >= 0.6 is 11.3 Å². The SMILES string of the molecule is Cc1nc(C)c(C(=O)N[C@@H](C(N)=O)c2ccc(F)cc2)s1. The molecule has 1 atom stereocenters. The van der Waals surface area contributed by atoms with Crippen LogP contribution in [-0.4, -0.2) is 16.8 Å². The lowest BCUT2D eigenvalue weighted by molar-refractivity contribution is -0.120. The molecule has 2 amide bonds. The highest BCUT2D eigenvalue weighted by molar-refractivity contribution is 7.13. The number of hydrogen-bond donors (Lipinski definition) is 2. The van der Waals surface area contributed by atoms with Crippen LogP contribution in [0.25, 0.3) is 0 Å². The Morgan fingerprint density at radius 3 is 2.38 bits per heavy atom. The molecular formula is C14H14FN3O2S. The molecule has 2 aromatic rings. The molecule has 0 aliphatic carbocycles. The molecular weight excluding hydrogens is 293 g/mol. The molecule has 110 valence electrons. The van der Waals surface area contributed by atoms with Gasteiger partial charge in [0.1, 0.15) is 16.7 Å². The molecule has 7 heteroatoms. The first kappa shape index (κ1) is 15.1. The third-order valence-corrected chi connectivity index (χ3v) is 3.94. The first-order valence-electron chi connectivity index (χ1n) is 6.18. The van der Waals surface area contributed by atoms with Crippen molar-refractivity contribution in [2.45, 2.75) is 19.9 Å². The van der Waals surface area contributed by atoms with Gasteiger partial charge in [-0.25, -0.2) is 9.37 Å². The number of nitrogens with two attached hydrogens (primary N) is 1. The van der Waals surface area contributed by atoms with E-state index in [1.165, 1.54) is 35.6 Å². The first-order chi connectivity index (χ1) is 9.88. The van der Waals surface area contributed by atoms with Gasteiger partial charge in [0, 0.05) is 0 Å². The Kier molecular flexibility index (Phi) is 4.32. The van der Waals surface area contributed by atoms with Crippen LogP contribution in [0.3, 0.4) is 0 Å². The van der Waals surface area contributed by atoms with Crippen molar-refractivity contribution in [1.29, 1.82) is 0 Å². The normalized spacial score (nSPS) is 12.0. The number of thiazole rings is 1. The standard InChI is InChI=1S/C14H14FN3O2S/c1-7-12(21-8(2)17-7)14(20)18-11(13(16)19)9-3-5-10(15)6-4-9/h3-6,11H,1-2H3,(H2,16,19)(H,18,20)/t11-/m1/s1. The monoisotopic (exact) mass is 307 g/mol. The van der Waals surface area contributed by atoms with Gasteiger partial charge in [0.15, 0.2) is 0 Å². The minimum atomic E-state index is -1.01. The highest BCUT2D eigenvalue weighted by Crippen LogP contribution is 2.19. The summed E-state index contributed by atoms with van der Waals surface area (Å²) in [7, 11) is 0. The van der Waals surface area contributed by atoms with Gasteiger partial charge in [-0.15, -0.1) is 11.3 Å². The minimum Gasteiger partial charge on any atom is -0.368 e. The summed E-state index contributed by atoms with van der Waals surface area (Å²) >= 11 is 1.24. The number of rotatable bonds is 4. The van der Waals surface area contributed by atoms with Crippen LogP contribution in [0.5, 0.6) is 0 Å². The number of aromatic nitrogens is 1. The molecule has 0 aliphatic rings. The van der Waals surface area contributed by atoms with Crippen molar-refractivity contribution < 1.29 is 14.0 Å². The Morgan fingerprint density at radius 2 is 1.90 bits per heavy atom. The first-order valence-corrected chi connectivity index (χ1v) is 7.00. The quantitative estimate of drug-likeness (QED) is 0.904. The smallest absolute Gasteiger partial charge is 0.264 e. The number of halogens is 1. The Balaban J connectivity index is 2.24. The maximum absolute atomic E-state index is 12.9. The number of nitrogens with zero attached hydrogens (tertiary/aromatic N) is 1. The lowest BCUT2D eigenvalue weighted by Gasteiger charge is -2.15. The Labute approximate surface area is 125 Å². The van der Waals surface area contributed by atoms with E-state index in [1.54, 1.807) is 13.8 Å². The van der Waals surface area contributed by atoms with E-state index < -0.39 is 23.7 Å². The Bertz CT molecular complexity index is 682. The van der Waals surface area contributed by atoms with Gasteiger partial charge in [-0.2, -0.15) is 0 Å². The van der Waals surface area contributed by atoms with E-state index in [2.05, 4.69) is 10.3 Å². The molecule has 2 rings (SSSR count). The number of primary amides is 1. The summed E-state index contributed by atoms with van der Waals surface area (Å²) in [5, 5.41) is 3.32. The maximum Gasteiger partial charge on any atom is 0.264 e. The van der Waals surface area contributed by atoms with E-state index >= 15 is 0 Å². The summed E-state index contributed by atoms with van der Waals surface area (Å²) in [6.45, 7) is 3.51. The molecule has 0 fully saturated rings. The average molecular weight is 307 g/mol. The van der Waals surface area contributed by atoms with Gasteiger partial charge in [-0.05, 0) is 31.5 Å². The second-order valence-corrected chi connectivity index (χ2v) is 5.71. The van der Waals surface area contributed by atoms with Crippen molar-refractivity contribution in [1.82, 2.24) is 10.3 Å². The molecule has 0 saturated heterocycles. The Morgan fingerprint density at radius 1 is 1.29 bits per heavy atom. The number of nitrogens with one attached hydrogen (secondary N) is 1. The molecule has 0 unspecified atom stereocenters. The van der Waals surface area contributed by atoms with Crippen molar-refractivity contribution in [2.75, 3.05) is 0 Å². The summed E-state index contributed by atoms with van der Waals surface area (Å²) < 4.78 is 12.9. The van der Waals surface area contributed by atoms with Crippen LogP contribution in [0.4, 0.5) is 4.39 Å². The van der Waals surface area contributed by atoms with Crippen LogP contribution in [0.1, 0.15) is 32.0 Å². The van der Waals surface area contributed by atoms with E-state index in [4.69, 9.17) is 5.73 Å². The second kappa shape index (κ2) is 6.01. The van der Waals surface area contributed by atoms with Gasteiger partial charge in [0.05, 0.1) is 10.7 Å². The number of carbonyl (C=O) groups excluding carboxylic acids is 2. The number of amides is 2. The summed E-state index contributed by atoms with van der Waals surface area (Å²) in [6.07, 6.45) is 0. The second-order valence-electron chi connectivity index (χ2n) is 4.51.